The molecule has 0 radical (unpaired) electrons. The predicted molar refractivity (Wildman–Crippen MR) is 104 cm³/mol. The lowest BCUT2D eigenvalue weighted by molar-refractivity contribution is 0.178. The van der Waals surface area contributed by atoms with E-state index in [1.54, 1.807) is 7.11 Å². The third-order valence-corrected chi connectivity index (χ3v) is 4.68. The summed E-state index contributed by atoms with van der Waals surface area (Å²) < 4.78 is 10.7. The summed E-state index contributed by atoms with van der Waals surface area (Å²) >= 11 is 0. The number of hydrogen-bond acceptors (Lipinski definition) is 10. The number of hydrogen-bond donors (Lipinski definition) is 1. The third kappa shape index (κ3) is 3.58. The number of rotatable bonds is 6. The van der Waals surface area contributed by atoms with E-state index in [0.29, 0.717) is 18.6 Å². The minimum atomic E-state index is 0.0903. The van der Waals surface area contributed by atoms with E-state index >= 15 is 0 Å². The SMILES string of the molecule is COC[C@@H]1CCCN1c1nc(-c2nc(N)nc(N(C)c3ccccc3)n2)no1. The maximum Gasteiger partial charge on any atom is 0.324 e. The van der Waals surface area contributed by atoms with Crippen LogP contribution in [0.25, 0.3) is 11.6 Å². The Labute approximate surface area is 162 Å². The molecule has 4 rings (SSSR count). The van der Waals surface area contributed by atoms with Crippen LogP contribution in [0.5, 0.6) is 0 Å². The second-order valence-electron chi connectivity index (χ2n) is 6.56. The van der Waals surface area contributed by atoms with Crippen molar-refractivity contribution in [2.24, 2.45) is 0 Å². The zero-order chi connectivity index (χ0) is 19.5. The van der Waals surface area contributed by atoms with Crippen molar-refractivity contribution in [1.82, 2.24) is 25.1 Å². The molecule has 2 aromatic heterocycles. The van der Waals surface area contributed by atoms with Gasteiger partial charge in [0, 0.05) is 26.4 Å². The van der Waals surface area contributed by atoms with Crippen molar-refractivity contribution in [1.29, 1.82) is 0 Å². The molecule has 0 spiro atoms. The molecular weight excluding hydrogens is 360 g/mol. The molecule has 146 valence electrons. The van der Waals surface area contributed by atoms with E-state index in [1.807, 2.05) is 42.3 Å². The summed E-state index contributed by atoms with van der Waals surface area (Å²) in [6.07, 6.45) is 2.08. The summed E-state index contributed by atoms with van der Waals surface area (Å²) in [5.74, 6) is 1.03. The van der Waals surface area contributed by atoms with Gasteiger partial charge in [0.2, 0.25) is 23.5 Å². The normalized spacial score (nSPS) is 16.5. The van der Waals surface area contributed by atoms with Crippen LogP contribution < -0.4 is 15.5 Å². The Hall–Kier alpha value is -3.27. The molecular formula is C18H22N8O2. The highest BCUT2D eigenvalue weighted by molar-refractivity contribution is 5.59. The molecule has 28 heavy (non-hydrogen) atoms. The molecule has 0 bridgehead atoms. The fraction of sp³-hybridized carbons (Fsp3) is 0.389. The van der Waals surface area contributed by atoms with Gasteiger partial charge in [-0.25, -0.2) is 0 Å². The Morgan fingerprint density at radius 1 is 1.18 bits per heavy atom. The third-order valence-electron chi connectivity index (χ3n) is 4.68. The number of ether oxygens (including phenoxy) is 1. The molecule has 0 amide bonds. The van der Waals surface area contributed by atoms with Crippen LogP contribution in [-0.4, -0.2) is 58.4 Å². The van der Waals surface area contributed by atoms with E-state index in [9.17, 15) is 0 Å². The Kier molecular flexibility index (Phi) is 5.02. The van der Waals surface area contributed by atoms with E-state index in [-0.39, 0.29) is 23.6 Å². The van der Waals surface area contributed by atoms with Gasteiger partial charge in [-0.15, -0.1) is 0 Å². The maximum absolute atomic E-state index is 5.90. The summed E-state index contributed by atoms with van der Waals surface area (Å²) in [5, 5.41) is 4.04. The number of nitrogens with zero attached hydrogens (tertiary/aromatic N) is 7. The van der Waals surface area contributed by atoms with E-state index in [4.69, 9.17) is 15.0 Å². The van der Waals surface area contributed by atoms with Crippen LogP contribution in [-0.2, 0) is 4.74 Å². The van der Waals surface area contributed by atoms with Crippen molar-refractivity contribution in [3.63, 3.8) is 0 Å². The fourth-order valence-corrected chi connectivity index (χ4v) is 3.27. The second kappa shape index (κ2) is 7.77. The molecule has 10 nitrogen and oxygen atoms in total. The Morgan fingerprint density at radius 2 is 2.00 bits per heavy atom. The maximum atomic E-state index is 5.90. The van der Waals surface area contributed by atoms with Gasteiger partial charge < -0.3 is 24.8 Å². The lowest BCUT2D eigenvalue weighted by atomic mass is 10.2. The van der Waals surface area contributed by atoms with Crippen LogP contribution in [0.4, 0.5) is 23.6 Å². The first-order chi connectivity index (χ1) is 13.7. The first kappa shape index (κ1) is 18.1. The van der Waals surface area contributed by atoms with Crippen LogP contribution >= 0.6 is 0 Å². The first-order valence-electron chi connectivity index (χ1n) is 9.05. The molecule has 1 atom stereocenters. The molecule has 1 fully saturated rings. The lowest BCUT2D eigenvalue weighted by Gasteiger charge is -2.20. The number of methoxy groups -OCH3 is 1. The fourth-order valence-electron chi connectivity index (χ4n) is 3.27. The Bertz CT molecular complexity index is 932. The number of aromatic nitrogens is 5. The molecule has 3 heterocycles. The van der Waals surface area contributed by atoms with Crippen LogP contribution in [0.15, 0.2) is 34.9 Å². The Morgan fingerprint density at radius 3 is 2.79 bits per heavy atom. The van der Waals surface area contributed by atoms with Crippen molar-refractivity contribution in [3.8, 4) is 11.6 Å². The van der Waals surface area contributed by atoms with Crippen molar-refractivity contribution in [2.45, 2.75) is 18.9 Å². The van der Waals surface area contributed by atoms with Gasteiger partial charge in [0.1, 0.15) is 0 Å². The molecule has 0 unspecified atom stereocenters. The first-order valence-corrected chi connectivity index (χ1v) is 9.05. The zero-order valence-electron chi connectivity index (χ0n) is 15.8. The van der Waals surface area contributed by atoms with Gasteiger partial charge in [-0.05, 0) is 25.0 Å². The van der Waals surface area contributed by atoms with Gasteiger partial charge >= 0.3 is 6.01 Å². The topological polar surface area (TPSA) is 119 Å². The minimum Gasteiger partial charge on any atom is -0.383 e. The molecule has 1 aromatic carbocycles. The molecule has 1 saturated heterocycles. The van der Waals surface area contributed by atoms with Crippen molar-refractivity contribution < 1.29 is 9.26 Å². The number of nitrogens with two attached hydrogens (primary N) is 1. The summed E-state index contributed by atoms with van der Waals surface area (Å²) in [4.78, 5) is 21.2. The van der Waals surface area contributed by atoms with E-state index < -0.39 is 0 Å². The van der Waals surface area contributed by atoms with Crippen LogP contribution in [0.2, 0.25) is 0 Å². The molecule has 3 aromatic rings. The van der Waals surface area contributed by atoms with Gasteiger partial charge in [0.05, 0.1) is 12.6 Å². The standard InChI is InChI=1S/C18H22N8O2/c1-25(12-7-4-3-5-8-12)17-21-14(20-16(19)23-17)15-22-18(28-24-15)26-10-6-9-13(26)11-27-2/h3-5,7-8,13H,6,9-11H2,1-2H3,(H2,19,20,21,23)/t13-/m0/s1. The minimum absolute atomic E-state index is 0.0903. The van der Waals surface area contributed by atoms with E-state index in [0.717, 1.165) is 25.1 Å². The number of nitrogen functional groups attached to an aromatic ring is 1. The highest BCUT2D eigenvalue weighted by Gasteiger charge is 2.29. The van der Waals surface area contributed by atoms with Crippen LogP contribution in [0.3, 0.4) is 0 Å². The lowest BCUT2D eigenvalue weighted by Crippen LogP contribution is -2.32. The number of benzene rings is 1. The van der Waals surface area contributed by atoms with Crippen molar-refractivity contribution >= 4 is 23.6 Å². The van der Waals surface area contributed by atoms with Gasteiger partial charge in [-0.1, -0.05) is 23.4 Å². The summed E-state index contributed by atoms with van der Waals surface area (Å²) in [6, 6.07) is 10.4. The van der Waals surface area contributed by atoms with Crippen molar-refractivity contribution in [3.05, 3.63) is 30.3 Å². The molecule has 1 aliphatic heterocycles. The highest BCUT2D eigenvalue weighted by atomic mass is 16.5. The Balaban J connectivity index is 1.62. The average molecular weight is 382 g/mol. The van der Waals surface area contributed by atoms with Crippen LogP contribution in [0.1, 0.15) is 12.8 Å². The van der Waals surface area contributed by atoms with Gasteiger partial charge in [0.25, 0.3) is 0 Å². The molecule has 1 aliphatic rings. The van der Waals surface area contributed by atoms with E-state index in [2.05, 4.69) is 30.0 Å². The largest absolute Gasteiger partial charge is 0.383 e. The highest BCUT2D eigenvalue weighted by Crippen LogP contribution is 2.27. The average Bonchev–Trinajstić information content (AvgIpc) is 3.37. The number of para-hydroxylation sites is 1. The second-order valence-corrected chi connectivity index (χ2v) is 6.56. The monoisotopic (exact) mass is 382 g/mol. The van der Waals surface area contributed by atoms with Gasteiger partial charge in [-0.2, -0.15) is 19.9 Å². The smallest absolute Gasteiger partial charge is 0.324 e. The zero-order valence-corrected chi connectivity index (χ0v) is 15.8. The predicted octanol–water partition coefficient (Wildman–Crippen LogP) is 1.89. The van der Waals surface area contributed by atoms with Crippen LogP contribution in [0, 0.1) is 0 Å². The van der Waals surface area contributed by atoms with E-state index in [1.165, 1.54) is 0 Å². The van der Waals surface area contributed by atoms with Gasteiger partial charge in [-0.3, -0.25) is 0 Å². The molecule has 10 heteroatoms. The number of anilines is 4. The van der Waals surface area contributed by atoms with Gasteiger partial charge in [0.15, 0.2) is 0 Å². The molecule has 0 aliphatic carbocycles. The quantitative estimate of drug-likeness (QED) is 0.676. The summed E-state index contributed by atoms with van der Waals surface area (Å²) in [6.45, 7) is 1.46. The summed E-state index contributed by atoms with van der Waals surface area (Å²) in [5.41, 5.74) is 6.82. The van der Waals surface area contributed by atoms with Crippen molar-refractivity contribution in [2.75, 3.05) is 42.8 Å². The molecule has 2 N–H and O–H groups in total. The summed E-state index contributed by atoms with van der Waals surface area (Å²) in [7, 11) is 3.54. The molecule has 0 saturated carbocycles.